The summed E-state index contributed by atoms with van der Waals surface area (Å²) in [7, 11) is -4.69. The minimum absolute atomic E-state index is 0.144. The zero-order valence-corrected chi connectivity index (χ0v) is 19.1. The Labute approximate surface area is 192 Å². The van der Waals surface area contributed by atoms with Crippen molar-refractivity contribution in [1.82, 2.24) is 14.9 Å². The highest BCUT2D eigenvalue weighted by Crippen LogP contribution is 2.36. The first-order valence-corrected chi connectivity index (χ1v) is 11.3. The molecule has 0 unspecified atom stereocenters. The molecule has 0 saturated carbocycles. The normalized spacial score (nSPS) is 13.6. The molecule has 1 amide bonds. The molecule has 2 atom stereocenters. The maximum Gasteiger partial charge on any atom is 0.434 e. The molecule has 1 aromatic heterocycles. The molecule has 2 aromatic carbocycles. The maximum atomic E-state index is 14.8. The third kappa shape index (κ3) is 4.82. The molecule has 0 fully saturated rings. The number of amides is 1. The van der Waals surface area contributed by atoms with E-state index in [9.17, 15) is 26.8 Å². The molecule has 13 heteroatoms. The third-order valence-electron chi connectivity index (χ3n) is 5.27. The number of aromatic amines is 1. The Morgan fingerprint density at radius 3 is 2.48 bits per heavy atom. The second kappa shape index (κ2) is 9.04. The Kier molecular flexibility index (Phi) is 6.73. The van der Waals surface area contributed by atoms with Crippen LogP contribution in [-0.2, 0) is 10.0 Å². The number of hydrogen-bond acceptors (Lipinski definition) is 6. The van der Waals surface area contributed by atoms with Crippen molar-refractivity contribution in [3.8, 4) is 0 Å². The van der Waals surface area contributed by atoms with Crippen molar-refractivity contribution in [2.45, 2.75) is 37.6 Å². The number of carbonyl (C=O) groups excluding carboxylic acids is 1. The van der Waals surface area contributed by atoms with Crippen LogP contribution >= 0.6 is 11.6 Å². The number of hydrogen-bond donors (Lipinski definition) is 3. The number of nitrogens with one attached hydrogen (secondary N) is 2. The molecule has 3 rings (SSSR count). The van der Waals surface area contributed by atoms with E-state index in [1.54, 1.807) is 19.9 Å². The summed E-state index contributed by atoms with van der Waals surface area (Å²) in [5.74, 6) is -5.24. The predicted molar refractivity (Wildman–Crippen MR) is 114 cm³/mol. The number of rotatable bonds is 7. The van der Waals surface area contributed by atoms with Gasteiger partial charge in [-0.2, -0.15) is 4.72 Å². The van der Waals surface area contributed by atoms with Gasteiger partial charge in [-0.3, -0.25) is 4.79 Å². The quantitative estimate of drug-likeness (QED) is 0.454. The molecular weight excluding hydrogens is 482 g/mol. The lowest BCUT2D eigenvalue weighted by atomic mass is 9.88. The lowest BCUT2D eigenvalue weighted by Crippen LogP contribution is -2.34. The van der Waals surface area contributed by atoms with Gasteiger partial charge in [0, 0.05) is 5.92 Å². The van der Waals surface area contributed by atoms with Crippen LogP contribution in [0.2, 0.25) is 5.02 Å². The Balaban J connectivity index is 2.17. The van der Waals surface area contributed by atoms with E-state index in [0.717, 1.165) is 11.6 Å². The lowest BCUT2D eigenvalue weighted by Gasteiger charge is -2.25. The van der Waals surface area contributed by atoms with Gasteiger partial charge in [0.1, 0.15) is 17.7 Å². The topological polar surface area (TPSA) is 148 Å². The van der Waals surface area contributed by atoms with Crippen LogP contribution in [0.15, 0.2) is 38.4 Å². The van der Waals surface area contributed by atoms with Gasteiger partial charge in [0.15, 0.2) is 0 Å². The molecule has 1 heterocycles. The van der Waals surface area contributed by atoms with Crippen molar-refractivity contribution >= 4 is 27.5 Å². The number of benzene rings is 2. The van der Waals surface area contributed by atoms with Gasteiger partial charge in [0.2, 0.25) is 21.8 Å². The van der Waals surface area contributed by atoms with Crippen molar-refractivity contribution < 1.29 is 26.4 Å². The number of carbonyl (C=O) groups is 1. The van der Waals surface area contributed by atoms with E-state index in [4.69, 9.17) is 21.8 Å². The molecule has 3 aromatic rings. The first-order chi connectivity index (χ1) is 15.3. The summed E-state index contributed by atoms with van der Waals surface area (Å²) in [4.78, 5) is 22.5. The Bertz CT molecular complexity index is 1400. The van der Waals surface area contributed by atoms with E-state index in [1.165, 1.54) is 13.0 Å². The lowest BCUT2D eigenvalue weighted by molar-refractivity contribution is 0.0997. The standard InChI is InChI=1S/C20H19ClF2N4O5S/c1-8-4-5-13(22)16(9(8)2)10(3)17(19-25-26-20(29)32-19)27-33(30,31)15-7-14(23)12(21)6-11(15)18(24)28/h4-7,10,17,27H,1-3H3,(H2,24,28)(H,26,29)/t10-,17+/m1/s1. The molecular formula is C20H19ClF2N4O5S. The van der Waals surface area contributed by atoms with Crippen LogP contribution < -0.4 is 16.2 Å². The van der Waals surface area contributed by atoms with Crippen LogP contribution in [-0.4, -0.2) is 24.5 Å². The summed E-state index contributed by atoms with van der Waals surface area (Å²) in [5.41, 5.74) is 6.10. The molecule has 0 aliphatic carbocycles. The highest BCUT2D eigenvalue weighted by atomic mass is 35.5. The summed E-state index contributed by atoms with van der Waals surface area (Å²) in [5, 5.41) is 5.18. The second-order valence-electron chi connectivity index (χ2n) is 7.37. The number of aryl methyl sites for hydroxylation is 1. The van der Waals surface area contributed by atoms with E-state index in [0.29, 0.717) is 11.6 Å². The van der Waals surface area contributed by atoms with E-state index in [2.05, 4.69) is 9.82 Å². The Hall–Kier alpha value is -3.09. The van der Waals surface area contributed by atoms with Gasteiger partial charge in [-0.25, -0.2) is 27.1 Å². The van der Waals surface area contributed by atoms with Gasteiger partial charge in [0.05, 0.1) is 15.5 Å². The summed E-state index contributed by atoms with van der Waals surface area (Å²) >= 11 is 5.66. The zero-order valence-electron chi connectivity index (χ0n) is 17.6. The largest absolute Gasteiger partial charge is 0.434 e. The van der Waals surface area contributed by atoms with E-state index < -0.39 is 66.7 Å². The molecule has 0 radical (unpaired) electrons. The number of aromatic nitrogens is 2. The van der Waals surface area contributed by atoms with E-state index >= 15 is 0 Å². The number of H-pyrrole nitrogens is 1. The van der Waals surface area contributed by atoms with Crippen molar-refractivity contribution in [2.75, 3.05) is 0 Å². The van der Waals surface area contributed by atoms with Crippen molar-refractivity contribution in [3.05, 3.63) is 79.6 Å². The van der Waals surface area contributed by atoms with Gasteiger partial charge in [-0.1, -0.05) is 24.6 Å². The van der Waals surface area contributed by atoms with Crippen LogP contribution in [0.25, 0.3) is 0 Å². The predicted octanol–water partition coefficient (Wildman–Crippen LogP) is 2.83. The van der Waals surface area contributed by atoms with E-state index in [-0.39, 0.29) is 5.56 Å². The van der Waals surface area contributed by atoms with Crippen LogP contribution in [0.1, 0.15) is 51.8 Å². The van der Waals surface area contributed by atoms with Crippen molar-refractivity contribution in [1.29, 1.82) is 0 Å². The average Bonchev–Trinajstić information content (AvgIpc) is 3.16. The Morgan fingerprint density at radius 2 is 1.91 bits per heavy atom. The second-order valence-corrected chi connectivity index (χ2v) is 9.46. The highest BCUT2D eigenvalue weighted by Gasteiger charge is 2.35. The Morgan fingerprint density at radius 1 is 1.24 bits per heavy atom. The maximum absolute atomic E-state index is 14.8. The van der Waals surface area contributed by atoms with Gasteiger partial charge in [0.25, 0.3) is 0 Å². The first-order valence-electron chi connectivity index (χ1n) is 9.45. The minimum atomic E-state index is -4.69. The number of primary amides is 1. The van der Waals surface area contributed by atoms with Crippen molar-refractivity contribution in [3.63, 3.8) is 0 Å². The highest BCUT2D eigenvalue weighted by molar-refractivity contribution is 7.89. The molecule has 0 bridgehead atoms. The molecule has 9 nitrogen and oxygen atoms in total. The first kappa shape index (κ1) is 24.6. The monoisotopic (exact) mass is 500 g/mol. The third-order valence-corrected chi connectivity index (χ3v) is 7.04. The van der Waals surface area contributed by atoms with Gasteiger partial charge in [-0.05, 0) is 48.7 Å². The van der Waals surface area contributed by atoms with E-state index in [1.807, 2.05) is 5.10 Å². The molecule has 4 N–H and O–H groups in total. The zero-order chi connectivity index (χ0) is 24.7. The summed E-state index contributed by atoms with van der Waals surface area (Å²) in [6.07, 6.45) is 0. The van der Waals surface area contributed by atoms with Crippen LogP contribution in [0, 0.1) is 25.5 Å². The van der Waals surface area contributed by atoms with Crippen LogP contribution in [0.5, 0.6) is 0 Å². The minimum Gasteiger partial charge on any atom is -0.391 e. The summed E-state index contributed by atoms with van der Waals surface area (Å²) in [6, 6.07) is 2.67. The number of sulfonamides is 1. The fraction of sp³-hybridized carbons (Fsp3) is 0.250. The number of halogens is 3. The van der Waals surface area contributed by atoms with Crippen molar-refractivity contribution in [2.24, 2.45) is 5.73 Å². The fourth-order valence-corrected chi connectivity index (χ4v) is 5.08. The van der Waals surface area contributed by atoms with Gasteiger partial charge in [-0.15, -0.1) is 5.10 Å². The molecule has 0 aliphatic heterocycles. The van der Waals surface area contributed by atoms with Crippen LogP contribution in [0.4, 0.5) is 8.78 Å². The molecule has 0 spiro atoms. The summed E-state index contributed by atoms with van der Waals surface area (Å²) < 4.78 is 62.4. The molecule has 33 heavy (non-hydrogen) atoms. The number of nitrogens with two attached hydrogens (primary N) is 1. The van der Waals surface area contributed by atoms with Crippen LogP contribution in [0.3, 0.4) is 0 Å². The average molecular weight is 501 g/mol. The van der Waals surface area contributed by atoms with Gasteiger partial charge >= 0.3 is 5.76 Å². The molecule has 0 saturated heterocycles. The fourth-order valence-electron chi connectivity index (χ4n) is 3.44. The van der Waals surface area contributed by atoms with Gasteiger partial charge < -0.3 is 10.2 Å². The summed E-state index contributed by atoms with van der Waals surface area (Å²) in [6.45, 7) is 4.88. The smallest absolute Gasteiger partial charge is 0.391 e. The molecule has 176 valence electrons. The number of nitrogens with zero attached hydrogens (tertiary/aromatic N) is 1. The molecule has 0 aliphatic rings. The SMILES string of the molecule is Cc1ccc(F)c([C@@H](C)[C@H](NS(=O)(=O)c2cc(F)c(Cl)cc2C(N)=O)c2n[nH]c(=O)o2)c1C.